The topological polar surface area (TPSA) is 53.6 Å². The first kappa shape index (κ1) is 21.0. The molecule has 0 spiro atoms. The molecule has 5 heteroatoms. The van der Waals surface area contributed by atoms with Crippen molar-refractivity contribution in [3.8, 4) is 0 Å². The highest BCUT2D eigenvalue weighted by Gasteiger charge is 2.19. The lowest BCUT2D eigenvalue weighted by Crippen LogP contribution is -2.39. The summed E-state index contributed by atoms with van der Waals surface area (Å²) >= 11 is 0. The second-order valence-corrected chi connectivity index (χ2v) is 7.00. The van der Waals surface area contributed by atoms with Gasteiger partial charge in [-0.15, -0.1) is 24.0 Å². The smallest absolute Gasteiger partial charge is 0.188 e. The highest BCUT2D eigenvalue weighted by atomic mass is 127. The molecule has 21 heavy (non-hydrogen) atoms. The Kier molecular flexibility index (Phi) is 11.5. The van der Waals surface area contributed by atoms with Gasteiger partial charge in [0.05, 0.1) is 0 Å². The molecule has 0 bridgehead atoms. The van der Waals surface area contributed by atoms with Crippen LogP contribution in [0.2, 0.25) is 0 Å². The van der Waals surface area contributed by atoms with Crippen LogP contribution in [0.25, 0.3) is 0 Å². The molecule has 1 heterocycles. The fourth-order valence-corrected chi connectivity index (χ4v) is 2.75. The average Bonchev–Trinajstić information content (AvgIpc) is 2.35. The van der Waals surface area contributed by atoms with Crippen LogP contribution >= 0.6 is 24.0 Å². The number of nitrogens with zero attached hydrogens (tertiary/aromatic N) is 2. The quantitative estimate of drug-likeness (QED) is 0.386. The molecule has 1 saturated heterocycles. The van der Waals surface area contributed by atoms with Crippen molar-refractivity contribution in [2.24, 2.45) is 28.5 Å². The van der Waals surface area contributed by atoms with Crippen LogP contribution in [0.5, 0.6) is 0 Å². The Morgan fingerprint density at radius 1 is 1.29 bits per heavy atom. The van der Waals surface area contributed by atoms with Crippen LogP contribution < -0.4 is 11.1 Å². The maximum atomic E-state index is 5.92. The standard InChI is InChI=1S/C16H34N4.HI/c1-13(2)7-8-18-16(17)19-10-15-6-5-9-20(12-15)11-14(3)4;/h13-15H,5-12H2,1-4H3,(H3,17,18,19);1H. The van der Waals surface area contributed by atoms with Crippen LogP contribution in [0.3, 0.4) is 0 Å². The molecule has 1 atom stereocenters. The number of likely N-dealkylation sites (tertiary alicyclic amines) is 1. The Balaban J connectivity index is 0.00000400. The minimum Gasteiger partial charge on any atom is -0.370 e. The van der Waals surface area contributed by atoms with Crippen LogP contribution in [0.1, 0.15) is 47.0 Å². The van der Waals surface area contributed by atoms with Crippen LogP contribution in [0.4, 0.5) is 0 Å². The summed E-state index contributed by atoms with van der Waals surface area (Å²) < 4.78 is 0. The maximum Gasteiger partial charge on any atom is 0.188 e. The van der Waals surface area contributed by atoms with Gasteiger partial charge in [0.15, 0.2) is 5.96 Å². The van der Waals surface area contributed by atoms with Crippen LogP contribution in [-0.2, 0) is 0 Å². The molecule has 0 aromatic rings. The van der Waals surface area contributed by atoms with Crippen LogP contribution in [-0.4, -0.2) is 43.6 Å². The maximum absolute atomic E-state index is 5.92. The summed E-state index contributed by atoms with van der Waals surface area (Å²) in [5, 5.41) is 3.21. The van der Waals surface area contributed by atoms with Gasteiger partial charge in [0, 0.05) is 26.2 Å². The number of guanidine groups is 1. The first-order valence-corrected chi connectivity index (χ1v) is 8.23. The van der Waals surface area contributed by atoms with Crippen LogP contribution in [0.15, 0.2) is 4.99 Å². The fraction of sp³-hybridized carbons (Fsp3) is 0.938. The van der Waals surface area contributed by atoms with Gasteiger partial charge in [-0.1, -0.05) is 27.7 Å². The zero-order valence-corrected chi connectivity index (χ0v) is 16.6. The molecular weight excluding hydrogens is 375 g/mol. The zero-order chi connectivity index (χ0) is 15.0. The number of nitrogens with one attached hydrogen (secondary N) is 1. The van der Waals surface area contributed by atoms with Crippen molar-refractivity contribution >= 4 is 29.9 Å². The molecule has 0 saturated carbocycles. The molecule has 0 aromatic heterocycles. The highest BCUT2D eigenvalue weighted by Crippen LogP contribution is 2.17. The number of hydrogen-bond acceptors (Lipinski definition) is 2. The summed E-state index contributed by atoms with van der Waals surface area (Å²) in [7, 11) is 0. The summed E-state index contributed by atoms with van der Waals surface area (Å²) in [6.45, 7) is 14.5. The molecule has 1 aliphatic heterocycles. The molecule has 0 aromatic carbocycles. The normalized spacial score (nSPS) is 20.7. The predicted molar refractivity (Wildman–Crippen MR) is 103 cm³/mol. The third-order valence-electron chi connectivity index (χ3n) is 3.77. The number of halogens is 1. The number of piperidine rings is 1. The first-order chi connectivity index (χ1) is 9.47. The van der Waals surface area contributed by atoms with Gasteiger partial charge in [-0.2, -0.15) is 0 Å². The fourth-order valence-electron chi connectivity index (χ4n) is 2.75. The minimum absolute atomic E-state index is 0. The van der Waals surface area contributed by atoms with E-state index in [0.29, 0.717) is 17.8 Å². The monoisotopic (exact) mass is 410 g/mol. The Morgan fingerprint density at radius 3 is 2.62 bits per heavy atom. The molecular formula is C16H35IN4. The van der Waals surface area contributed by atoms with E-state index >= 15 is 0 Å². The van der Waals surface area contributed by atoms with E-state index in [1.807, 2.05) is 0 Å². The van der Waals surface area contributed by atoms with Gasteiger partial charge in [-0.05, 0) is 43.6 Å². The molecule has 4 nitrogen and oxygen atoms in total. The second-order valence-electron chi connectivity index (χ2n) is 7.00. The average molecular weight is 410 g/mol. The molecule has 1 unspecified atom stereocenters. The number of nitrogens with two attached hydrogens (primary N) is 1. The van der Waals surface area contributed by atoms with E-state index in [9.17, 15) is 0 Å². The van der Waals surface area contributed by atoms with Gasteiger partial charge in [0.2, 0.25) is 0 Å². The van der Waals surface area contributed by atoms with Gasteiger partial charge in [-0.3, -0.25) is 4.99 Å². The second kappa shape index (κ2) is 11.5. The van der Waals surface area contributed by atoms with Crippen molar-refractivity contribution in [2.45, 2.75) is 47.0 Å². The van der Waals surface area contributed by atoms with Gasteiger partial charge in [-0.25, -0.2) is 0 Å². The Labute approximate surface area is 148 Å². The molecule has 0 amide bonds. The van der Waals surface area contributed by atoms with Crippen molar-refractivity contribution in [3.63, 3.8) is 0 Å². The summed E-state index contributed by atoms with van der Waals surface area (Å²) in [5.74, 6) is 2.75. The van der Waals surface area contributed by atoms with Crippen molar-refractivity contribution in [2.75, 3.05) is 32.7 Å². The summed E-state index contributed by atoms with van der Waals surface area (Å²) in [6.07, 6.45) is 3.73. The van der Waals surface area contributed by atoms with Gasteiger partial charge in [0.25, 0.3) is 0 Å². The molecule has 1 rings (SSSR count). The van der Waals surface area contributed by atoms with E-state index in [4.69, 9.17) is 5.73 Å². The Morgan fingerprint density at radius 2 is 2.00 bits per heavy atom. The summed E-state index contributed by atoms with van der Waals surface area (Å²) in [6, 6.07) is 0. The van der Waals surface area contributed by atoms with Crippen molar-refractivity contribution in [1.82, 2.24) is 10.2 Å². The third kappa shape index (κ3) is 10.3. The summed E-state index contributed by atoms with van der Waals surface area (Å²) in [4.78, 5) is 7.10. The molecule has 126 valence electrons. The predicted octanol–water partition coefficient (Wildman–Crippen LogP) is 2.92. The largest absolute Gasteiger partial charge is 0.370 e. The first-order valence-electron chi connectivity index (χ1n) is 8.23. The van der Waals surface area contributed by atoms with E-state index < -0.39 is 0 Å². The van der Waals surface area contributed by atoms with E-state index in [-0.39, 0.29) is 24.0 Å². The highest BCUT2D eigenvalue weighted by molar-refractivity contribution is 14.0. The van der Waals surface area contributed by atoms with Crippen molar-refractivity contribution < 1.29 is 0 Å². The SMILES string of the molecule is CC(C)CCNC(N)=NCC1CCCN(CC(C)C)C1.I. The molecule has 0 aliphatic carbocycles. The van der Waals surface area contributed by atoms with Gasteiger partial charge < -0.3 is 16.0 Å². The number of hydrogen-bond donors (Lipinski definition) is 2. The van der Waals surface area contributed by atoms with Crippen molar-refractivity contribution in [3.05, 3.63) is 0 Å². The van der Waals surface area contributed by atoms with Crippen LogP contribution in [0, 0.1) is 17.8 Å². The van der Waals surface area contributed by atoms with E-state index in [1.165, 1.54) is 32.5 Å². The molecule has 3 N–H and O–H groups in total. The Bertz CT molecular complexity index is 292. The molecule has 1 fully saturated rings. The minimum atomic E-state index is 0. The lowest BCUT2D eigenvalue weighted by molar-refractivity contribution is 0.162. The zero-order valence-electron chi connectivity index (χ0n) is 14.3. The summed E-state index contributed by atoms with van der Waals surface area (Å²) in [5.41, 5.74) is 5.92. The van der Waals surface area contributed by atoms with Gasteiger partial charge >= 0.3 is 0 Å². The lowest BCUT2D eigenvalue weighted by atomic mass is 9.97. The number of aliphatic imine (C=N–C) groups is 1. The Hall–Kier alpha value is -0.0400. The number of rotatable bonds is 7. The molecule has 1 aliphatic rings. The lowest BCUT2D eigenvalue weighted by Gasteiger charge is -2.33. The van der Waals surface area contributed by atoms with E-state index in [2.05, 4.69) is 42.9 Å². The van der Waals surface area contributed by atoms with E-state index in [1.54, 1.807) is 0 Å². The van der Waals surface area contributed by atoms with E-state index in [0.717, 1.165) is 25.4 Å². The van der Waals surface area contributed by atoms with Gasteiger partial charge in [0.1, 0.15) is 0 Å². The molecule has 0 radical (unpaired) electrons. The van der Waals surface area contributed by atoms with Crippen molar-refractivity contribution in [1.29, 1.82) is 0 Å². The third-order valence-corrected chi connectivity index (χ3v) is 3.77.